The Balaban J connectivity index is 1.92. The van der Waals surface area contributed by atoms with Gasteiger partial charge in [-0.1, -0.05) is 46.7 Å². The van der Waals surface area contributed by atoms with Gasteiger partial charge in [0.2, 0.25) is 5.91 Å². The van der Waals surface area contributed by atoms with E-state index in [1.165, 1.54) is 7.11 Å². The van der Waals surface area contributed by atoms with Crippen molar-refractivity contribution in [2.45, 2.75) is 33.3 Å². The molecule has 0 atom stereocenters. The van der Waals surface area contributed by atoms with Crippen LogP contribution >= 0.6 is 43.6 Å². The molecule has 7 nitrogen and oxygen atoms in total. The first-order valence-electron chi connectivity index (χ1n) is 11.1. The second kappa shape index (κ2) is 13.1. The van der Waals surface area contributed by atoms with Crippen LogP contribution in [0.15, 0.2) is 66.6 Å². The summed E-state index contributed by atoms with van der Waals surface area (Å²) in [6, 6.07) is 11.4. The van der Waals surface area contributed by atoms with E-state index in [4.69, 9.17) is 14.2 Å². The van der Waals surface area contributed by atoms with Crippen LogP contribution in [0.3, 0.4) is 0 Å². The zero-order valence-electron chi connectivity index (χ0n) is 20.0. The van der Waals surface area contributed by atoms with Gasteiger partial charge in [-0.05, 0) is 70.7 Å². The van der Waals surface area contributed by atoms with Crippen LogP contribution in [-0.4, -0.2) is 35.7 Å². The molecule has 2 aromatic carbocycles. The van der Waals surface area contributed by atoms with E-state index in [9.17, 15) is 14.7 Å². The molecule has 3 rings (SSSR count). The molecule has 0 fully saturated rings. The van der Waals surface area contributed by atoms with Crippen molar-refractivity contribution in [3.63, 3.8) is 0 Å². The van der Waals surface area contributed by atoms with E-state index >= 15 is 0 Å². The van der Waals surface area contributed by atoms with E-state index in [0.29, 0.717) is 39.5 Å². The lowest BCUT2D eigenvalue weighted by molar-refractivity contribution is -0.138. The molecular weight excluding hydrogens is 614 g/mol. The second-order valence-electron chi connectivity index (χ2n) is 7.56. The Morgan fingerprint density at radius 2 is 1.86 bits per heavy atom. The summed E-state index contributed by atoms with van der Waals surface area (Å²) in [6.07, 6.45) is 2.54. The van der Waals surface area contributed by atoms with Crippen LogP contribution in [-0.2, 0) is 20.9 Å². The molecule has 0 spiro atoms. The molecule has 190 valence electrons. The Bertz CT molecular complexity index is 1240. The Labute approximate surface area is 230 Å². The van der Waals surface area contributed by atoms with Crippen molar-refractivity contribution in [3.05, 3.63) is 72.7 Å². The minimum Gasteiger partial charge on any atom is -0.506 e. The number of esters is 1. The highest BCUT2D eigenvalue weighted by atomic mass is 79.9. The molecule has 0 bridgehead atoms. The average Bonchev–Trinajstić information content (AvgIpc) is 3.13. The number of halogens is 2. The van der Waals surface area contributed by atoms with Crippen molar-refractivity contribution in [1.82, 2.24) is 0 Å². The number of aliphatic imine (C=N–C) groups is 1. The third-order valence-corrected chi connectivity index (χ3v) is 7.04. The molecular formula is C26H25Br2NO6S. The van der Waals surface area contributed by atoms with Gasteiger partial charge < -0.3 is 19.3 Å². The number of carbonyl (C=O) groups is 2. The first-order chi connectivity index (χ1) is 17.3. The number of amides is 1. The number of aliphatic hydroxyl groups excluding tert-OH is 1. The number of carbonyl (C=O) groups excluding carboxylic acids is 2. The van der Waals surface area contributed by atoms with Gasteiger partial charge in [0, 0.05) is 10.9 Å². The van der Waals surface area contributed by atoms with Crippen molar-refractivity contribution < 1.29 is 28.9 Å². The van der Waals surface area contributed by atoms with Crippen molar-refractivity contribution in [2.75, 3.05) is 13.7 Å². The fraction of sp³-hybridized carbons (Fsp3) is 0.269. The number of nitrogens with zero attached hydrogens (tertiary/aromatic N) is 1. The van der Waals surface area contributed by atoms with Gasteiger partial charge in [0.15, 0.2) is 11.5 Å². The maximum atomic E-state index is 12.5. The molecule has 1 aliphatic rings. The van der Waals surface area contributed by atoms with Gasteiger partial charge in [-0.2, -0.15) is 0 Å². The summed E-state index contributed by atoms with van der Waals surface area (Å²) < 4.78 is 18.2. The van der Waals surface area contributed by atoms with Gasteiger partial charge in [0.1, 0.15) is 23.0 Å². The lowest BCUT2D eigenvalue weighted by Gasteiger charge is -2.14. The maximum Gasteiger partial charge on any atom is 0.344 e. The van der Waals surface area contributed by atoms with Gasteiger partial charge >= 0.3 is 5.97 Å². The highest BCUT2D eigenvalue weighted by molar-refractivity contribution is 9.10. The molecule has 10 heteroatoms. The minimum atomic E-state index is -0.732. The SMILES string of the molecule is CCCC(=O)N=C1S/C(=C\c2cc(Br)c(OCc3ccc(Br)cc3)c(OC)c2)C(O)=C1C(=O)OCC. The Morgan fingerprint density at radius 3 is 2.50 bits per heavy atom. The highest BCUT2D eigenvalue weighted by Crippen LogP contribution is 2.42. The Kier molecular flexibility index (Phi) is 10.2. The molecule has 0 aromatic heterocycles. The zero-order valence-corrected chi connectivity index (χ0v) is 24.0. The van der Waals surface area contributed by atoms with Gasteiger partial charge in [0.25, 0.3) is 0 Å². The van der Waals surface area contributed by atoms with Crippen molar-refractivity contribution in [2.24, 2.45) is 4.99 Å². The summed E-state index contributed by atoms with van der Waals surface area (Å²) in [7, 11) is 1.54. The standard InChI is InChI=1S/C26H25Br2NO6S/c1-4-6-21(30)29-25-22(26(32)34-5-2)23(31)20(36-25)13-16-11-18(28)24(19(12-16)33-3)35-14-15-7-9-17(27)10-8-15/h7-13,31H,4-6,14H2,1-3H3/b20-13-,29-25?. The van der Waals surface area contributed by atoms with Gasteiger partial charge in [-0.3, -0.25) is 4.79 Å². The number of methoxy groups -OCH3 is 1. The number of rotatable bonds is 9. The summed E-state index contributed by atoms with van der Waals surface area (Å²) in [4.78, 5) is 29.0. The molecule has 0 radical (unpaired) electrons. The number of hydrogen-bond donors (Lipinski definition) is 1. The number of thioether (sulfide) groups is 1. The van der Waals surface area contributed by atoms with E-state index in [1.54, 1.807) is 19.1 Å². The zero-order chi connectivity index (χ0) is 26.2. The van der Waals surface area contributed by atoms with Crippen LogP contribution in [0.25, 0.3) is 6.08 Å². The largest absolute Gasteiger partial charge is 0.506 e. The van der Waals surface area contributed by atoms with E-state index in [0.717, 1.165) is 21.8 Å². The van der Waals surface area contributed by atoms with Crippen molar-refractivity contribution >= 4 is 66.6 Å². The van der Waals surface area contributed by atoms with E-state index in [2.05, 4.69) is 36.9 Å². The van der Waals surface area contributed by atoms with Crippen LogP contribution in [0, 0.1) is 0 Å². The van der Waals surface area contributed by atoms with E-state index in [1.807, 2.05) is 37.3 Å². The molecule has 0 unspecified atom stereocenters. The lowest BCUT2D eigenvalue weighted by atomic mass is 10.1. The van der Waals surface area contributed by atoms with Crippen LogP contribution in [0.1, 0.15) is 37.8 Å². The van der Waals surface area contributed by atoms with Crippen LogP contribution in [0.5, 0.6) is 11.5 Å². The van der Waals surface area contributed by atoms with Crippen molar-refractivity contribution in [3.8, 4) is 11.5 Å². The summed E-state index contributed by atoms with van der Waals surface area (Å²) >= 11 is 8.00. The number of benzene rings is 2. The molecule has 0 saturated heterocycles. The molecule has 0 aliphatic carbocycles. The van der Waals surface area contributed by atoms with Crippen LogP contribution in [0.4, 0.5) is 0 Å². The van der Waals surface area contributed by atoms with Gasteiger partial charge in [0.05, 0.1) is 23.1 Å². The molecule has 1 amide bonds. The molecule has 2 aromatic rings. The number of aliphatic hydroxyl groups is 1. The fourth-order valence-corrected chi connectivity index (χ4v) is 5.10. The number of hydrogen-bond acceptors (Lipinski definition) is 7. The van der Waals surface area contributed by atoms with Crippen LogP contribution in [0.2, 0.25) is 0 Å². The highest BCUT2D eigenvalue weighted by Gasteiger charge is 2.33. The Hall–Kier alpha value is -2.56. The summed E-state index contributed by atoms with van der Waals surface area (Å²) in [5.74, 6) is -0.373. The van der Waals surface area contributed by atoms with Crippen LogP contribution < -0.4 is 9.47 Å². The topological polar surface area (TPSA) is 94.4 Å². The predicted octanol–water partition coefficient (Wildman–Crippen LogP) is 6.99. The first kappa shape index (κ1) is 28.0. The third-order valence-electron chi connectivity index (χ3n) is 4.91. The summed E-state index contributed by atoms with van der Waals surface area (Å²) in [5, 5.41) is 10.9. The van der Waals surface area contributed by atoms with Crippen molar-refractivity contribution in [1.29, 1.82) is 0 Å². The summed E-state index contributed by atoms with van der Waals surface area (Å²) in [5.41, 5.74) is 1.55. The van der Waals surface area contributed by atoms with E-state index < -0.39 is 5.97 Å². The Morgan fingerprint density at radius 1 is 1.14 bits per heavy atom. The minimum absolute atomic E-state index is 0.113. The molecule has 1 heterocycles. The second-order valence-corrected chi connectivity index (χ2v) is 10.4. The van der Waals surface area contributed by atoms with Gasteiger partial charge in [-0.25, -0.2) is 9.79 Å². The molecule has 1 N–H and O–H groups in total. The average molecular weight is 639 g/mol. The van der Waals surface area contributed by atoms with E-state index in [-0.39, 0.29) is 35.3 Å². The molecule has 0 saturated carbocycles. The predicted molar refractivity (Wildman–Crippen MR) is 148 cm³/mol. The number of ether oxygens (including phenoxy) is 3. The van der Waals surface area contributed by atoms with Gasteiger partial charge in [-0.15, -0.1) is 0 Å². The maximum absolute atomic E-state index is 12.5. The monoisotopic (exact) mass is 637 g/mol. The first-order valence-corrected chi connectivity index (χ1v) is 13.5. The smallest absolute Gasteiger partial charge is 0.344 e. The third kappa shape index (κ3) is 7.02. The lowest BCUT2D eigenvalue weighted by Crippen LogP contribution is -2.14. The molecule has 36 heavy (non-hydrogen) atoms. The molecule has 1 aliphatic heterocycles. The quantitative estimate of drug-likeness (QED) is 0.296. The summed E-state index contributed by atoms with van der Waals surface area (Å²) in [6.45, 7) is 4.00. The fourth-order valence-electron chi connectivity index (χ4n) is 3.23. The normalized spacial score (nSPS) is 15.5.